The summed E-state index contributed by atoms with van der Waals surface area (Å²) in [5.74, 6) is 0.275. The molecule has 0 aromatic rings. The lowest BCUT2D eigenvalue weighted by atomic mass is 9.96. The summed E-state index contributed by atoms with van der Waals surface area (Å²) in [6.07, 6.45) is 4.05. The molecular formula is C12H19FN2. The van der Waals surface area contributed by atoms with Crippen LogP contribution in [0.15, 0.2) is 29.6 Å². The van der Waals surface area contributed by atoms with Crippen LogP contribution in [-0.2, 0) is 0 Å². The summed E-state index contributed by atoms with van der Waals surface area (Å²) >= 11 is 0. The van der Waals surface area contributed by atoms with Crippen LogP contribution in [-0.4, -0.2) is 24.8 Å². The molecule has 84 valence electrons. The van der Waals surface area contributed by atoms with Gasteiger partial charge in [0.25, 0.3) is 0 Å². The highest BCUT2D eigenvalue weighted by molar-refractivity contribution is 6.03. The van der Waals surface area contributed by atoms with Gasteiger partial charge in [-0.1, -0.05) is 13.5 Å². The van der Waals surface area contributed by atoms with Crippen LogP contribution in [0, 0.1) is 5.92 Å². The molecule has 1 aliphatic heterocycles. The number of rotatable bonds is 3. The predicted octanol–water partition coefficient (Wildman–Crippen LogP) is 2.48. The number of halogens is 1. The number of piperidine rings is 1. The molecule has 0 aromatic heterocycles. The van der Waals surface area contributed by atoms with E-state index in [1.807, 2.05) is 0 Å². The van der Waals surface area contributed by atoms with E-state index >= 15 is 0 Å². The van der Waals surface area contributed by atoms with Crippen LogP contribution < -0.4 is 5.32 Å². The van der Waals surface area contributed by atoms with E-state index in [-0.39, 0.29) is 11.9 Å². The average Bonchev–Trinajstić information content (AvgIpc) is 2.19. The standard InChI is InChI=1S/C12H19FN2/c1-4-11(7-10(3)13)15-12-5-6-14-8-9(12)2/h4,7,9,12,14H,1,5-6,8H2,2-3H3/b10-7+,15-11?. The minimum atomic E-state index is -0.227. The van der Waals surface area contributed by atoms with E-state index in [9.17, 15) is 4.39 Å². The van der Waals surface area contributed by atoms with Crippen LogP contribution in [0.25, 0.3) is 0 Å². The number of hydrogen-bond donors (Lipinski definition) is 1. The molecule has 2 unspecified atom stereocenters. The molecule has 2 atom stereocenters. The number of hydrogen-bond acceptors (Lipinski definition) is 2. The summed E-state index contributed by atoms with van der Waals surface area (Å²) in [4.78, 5) is 4.52. The Bertz CT molecular complexity index is 277. The van der Waals surface area contributed by atoms with Crippen LogP contribution in [0.4, 0.5) is 4.39 Å². The highest BCUT2D eigenvalue weighted by atomic mass is 19.1. The molecule has 1 heterocycles. The molecule has 0 amide bonds. The topological polar surface area (TPSA) is 24.4 Å². The molecule has 0 radical (unpaired) electrons. The fourth-order valence-corrected chi connectivity index (χ4v) is 1.74. The van der Waals surface area contributed by atoms with Crippen molar-refractivity contribution < 1.29 is 4.39 Å². The van der Waals surface area contributed by atoms with Gasteiger partial charge in [-0.2, -0.15) is 0 Å². The largest absolute Gasteiger partial charge is 0.316 e. The Hall–Kier alpha value is -0.960. The first kappa shape index (κ1) is 12.1. The molecule has 0 bridgehead atoms. The van der Waals surface area contributed by atoms with Crippen LogP contribution in [0.2, 0.25) is 0 Å². The first-order chi connectivity index (χ1) is 7.13. The quantitative estimate of drug-likeness (QED) is 0.711. The van der Waals surface area contributed by atoms with Gasteiger partial charge in [-0.3, -0.25) is 4.99 Å². The molecule has 2 nitrogen and oxygen atoms in total. The SMILES string of the molecule is C=CC(/C=C(\C)F)=NC1CCNCC1C. The van der Waals surface area contributed by atoms with Crippen molar-refractivity contribution in [2.75, 3.05) is 13.1 Å². The second kappa shape index (κ2) is 5.81. The van der Waals surface area contributed by atoms with Crippen molar-refractivity contribution >= 4 is 5.71 Å². The number of aliphatic imine (C=N–C) groups is 1. The molecule has 0 spiro atoms. The molecule has 1 saturated heterocycles. The van der Waals surface area contributed by atoms with Gasteiger partial charge >= 0.3 is 0 Å². The Morgan fingerprint density at radius 3 is 2.87 bits per heavy atom. The van der Waals surface area contributed by atoms with Crippen molar-refractivity contribution in [3.63, 3.8) is 0 Å². The number of nitrogens with one attached hydrogen (secondary N) is 1. The first-order valence-electron chi connectivity index (χ1n) is 5.38. The van der Waals surface area contributed by atoms with E-state index in [0.717, 1.165) is 19.5 Å². The van der Waals surface area contributed by atoms with Crippen molar-refractivity contribution in [2.24, 2.45) is 10.9 Å². The van der Waals surface area contributed by atoms with Crippen LogP contribution in [0.3, 0.4) is 0 Å². The van der Waals surface area contributed by atoms with Crippen LogP contribution in [0.5, 0.6) is 0 Å². The Kier molecular flexibility index (Phi) is 4.69. The van der Waals surface area contributed by atoms with Crippen molar-refractivity contribution in [3.8, 4) is 0 Å². The molecule has 1 fully saturated rings. The van der Waals surface area contributed by atoms with E-state index in [4.69, 9.17) is 0 Å². The van der Waals surface area contributed by atoms with Gasteiger partial charge in [0, 0.05) is 0 Å². The molecule has 15 heavy (non-hydrogen) atoms. The fourth-order valence-electron chi connectivity index (χ4n) is 1.74. The lowest BCUT2D eigenvalue weighted by Crippen LogP contribution is -2.37. The molecule has 0 aromatic carbocycles. The monoisotopic (exact) mass is 210 g/mol. The van der Waals surface area contributed by atoms with Crippen molar-refractivity contribution in [1.29, 1.82) is 0 Å². The van der Waals surface area contributed by atoms with Gasteiger partial charge in [0.15, 0.2) is 0 Å². The van der Waals surface area contributed by atoms with E-state index in [2.05, 4.69) is 23.8 Å². The smallest absolute Gasteiger partial charge is 0.0989 e. The predicted molar refractivity (Wildman–Crippen MR) is 62.9 cm³/mol. The summed E-state index contributed by atoms with van der Waals surface area (Å²) in [5, 5.41) is 3.31. The normalized spacial score (nSPS) is 29.0. The first-order valence-corrected chi connectivity index (χ1v) is 5.38. The van der Waals surface area contributed by atoms with Crippen molar-refractivity contribution in [2.45, 2.75) is 26.3 Å². The van der Waals surface area contributed by atoms with Crippen molar-refractivity contribution in [3.05, 3.63) is 24.6 Å². The molecule has 1 aliphatic rings. The van der Waals surface area contributed by atoms with Gasteiger partial charge in [-0.05, 0) is 44.5 Å². The van der Waals surface area contributed by atoms with Gasteiger partial charge in [-0.25, -0.2) is 4.39 Å². The molecule has 1 rings (SSSR count). The van der Waals surface area contributed by atoms with Crippen LogP contribution in [0.1, 0.15) is 20.3 Å². The summed E-state index contributed by atoms with van der Waals surface area (Å²) in [5.41, 5.74) is 0.647. The zero-order valence-corrected chi connectivity index (χ0v) is 9.46. The summed E-state index contributed by atoms with van der Waals surface area (Å²) in [7, 11) is 0. The summed E-state index contributed by atoms with van der Waals surface area (Å²) in [6, 6.07) is 0.287. The summed E-state index contributed by atoms with van der Waals surface area (Å²) in [6.45, 7) is 9.20. The van der Waals surface area contributed by atoms with Gasteiger partial charge in [0.2, 0.25) is 0 Å². The Morgan fingerprint density at radius 2 is 2.33 bits per heavy atom. The third-order valence-corrected chi connectivity index (χ3v) is 2.61. The second-order valence-electron chi connectivity index (χ2n) is 4.03. The maximum Gasteiger partial charge on any atom is 0.0989 e. The fraction of sp³-hybridized carbons (Fsp3) is 0.583. The molecular weight excluding hydrogens is 191 g/mol. The van der Waals surface area contributed by atoms with Gasteiger partial charge < -0.3 is 5.32 Å². The van der Waals surface area contributed by atoms with Gasteiger partial charge in [0.1, 0.15) is 0 Å². The zero-order chi connectivity index (χ0) is 11.3. The lowest BCUT2D eigenvalue weighted by Gasteiger charge is -2.26. The minimum Gasteiger partial charge on any atom is -0.316 e. The van der Waals surface area contributed by atoms with Gasteiger partial charge in [0.05, 0.1) is 17.6 Å². The minimum absolute atomic E-state index is 0.227. The number of allylic oxidation sites excluding steroid dienone is 3. The molecule has 3 heteroatoms. The number of nitrogens with zero attached hydrogens (tertiary/aromatic N) is 1. The maximum atomic E-state index is 12.7. The molecule has 0 saturated carbocycles. The Morgan fingerprint density at radius 1 is 1.60 bits per heavy atom. The van der Waals surface area contributed by atoms with E-state index in [1.165, 1.54) is 13.0 Å². The van der Waals surface area contributed by atoms with E-state index < -0.39 is 0 Å². The molecule has 1 N–H and O–H groups in total. The Labute approximate surface area is 91.0 Å². The third kappa shape index (κ3) is 3.96. The third-order valence-electron chi connectivity index (χ3n) is 2.61. The summed E-state index contributed by atoms with van der Waals surface area (Å²) < 4.78 is 12.7. The average molecular weight is 210 g/mol. The van der Waals surface area contributed by atoms with Crippen LogP contribution >= 0.6 is 0 Å². The van der Waals surface area contributed by atoms with Crippen molar-refractivity contribution in [1.82, 2.24) is 5.32 Å². The molecule has 0 aliphatic carbocycles. The van der Waals surface area contributed by atoms with E-state index in [1.54, 1.807) is 6.08 Å². The second-order valence-corrected chi connectivity index (χ2v) is 4.03. The highest BCUT2D eigenvalue weighted by Crippen LogP contribution is 2.15. The zero-order valence-electron chi connectivity index (χ0n) is 9.46. The lowest BCUT2D eigenvalue weighted by molar-refractivity contribution is 0.352. The Balaban J connectivity index is 2.73. The van der Waals surface area contributed by atoms with Gasteiger partial charge in [-0.15, -0.1) is 0 Å². The highest BCUT2D eigenvalue weighted by Gasteiger charge is 2.19. The maximum absolute atomic E-state index is 12.7. The van der Waals surface area contributed by atoms with E-state index in [0.29, 0.717) is 11.6 Å².